The first-order valence-electron chi connectivity index (χ1n) is 6.06. The Balaban J connectivity index is 1.58. The van der Waals surface area contributed by atoms with Crippen molar-refractivity contribution in [2.45, 2.75) is 16.7 Å². The van der Waals surface area contributed by atoms with Gasteiger partial charge >= 0.3 is 0 Å². The van der Waals surface area contributed by atoms with E-state index in [-0.39, 0.29) is 0 Å². The molecule has 1 atom stereocenters. The largest absolute Gasteiger partial charge is 0.379 e. The number of thiophene rings is 1. The molecule has 3 nitrogen and oxygen atoms in total. The zero-order valence-corrected chi connectivity index (χ0v) is 11.6. The van der Waals surface area contributed by atoms with Gasteiger partial charge < -0.3 is 10.5 Å². The molecule has 0 aliphatic carbocycles. The van der Waals surface area contributed by atoms with Crippen molar-refractivity contribution < 1.29 is 4.74 Å². The monoisotopic (exact) mass is 272 g/mol. The summed E-state index contributed by atoms with van der Waals surface area (Å²) in [4.78, 5) is 2.44. The molecule has 0 bridgehead atoms. The zero-order valence-electron chi connectivity index (χ0n) is 10.0. The maximum absolute atomic E-state index is 6.13. The van der Waals surface area contributed by atoms with Crippen molar-refractivity contribution in [3.8, 4) is 0 Å². The maximum Gasteiger partial charge on any atom is 0.0599 e. The summed E-state index contributed by atoms with van der Waals surface area (Å²) in [6, 6.07) is 4.54. The summed E-state index contributed by atoms with van der Waals surface area (Å²) in [5.41, 5.74) is 6.13. The van der Waals surface area contributed by atoms with E-state index in [1.54, 1.807) is 11.3 Å². The second-order valence-electron chi connectivity index (χ2n) is 4.25. The normalized spacial score (nSPS) is 19.4. The summed E-state index contributed by atoms with van der Waals surface area (Å²) >= 11 is 3.66. The molecular formula is C12H20N2OS2. The molecule has 1 fully saturated rings. The van der Waals surface area contributed by atoms with E-state index in [9.17, 15) is 0 Å². The average Bonchev–Trinajstić information content (AvgIpc) is 2.88. The quantitative estimate of drug-likeness (QED) is 0.803. The molecule has 2 N–H and O–H groups in total. The third-order valence-corrected chi connectivity index (χ3v) is 5.17. The Morgan fingerprint density at radius 3 is 3.00 bits per heavy atom. The van der Waals surface area contributed by atoms with Crippen LogP contribution in [0.4, 0.5) is 0 Å². The van der Waals surface area contributed by atoms with E-state index >= 15 is 0 Å². The van der Waals surface area contributed by atoms with Gasteiger partial charge in [-0.05, 0) is 24.4 Å². The Labute approximate surface area is 111 Å². The number of ether oxygens (including phenoxy) is 1. The van der Waals surface area contributed by atoms with E-state index in [4.69, 9.17) is 10.5 Å². The van der Waals surface area contributed by atoms with E-state index < -0.39 is 0 Å². The van der Waals surface area contributed by atoms with Crippen LogP contribution in [0.25, 0.3) is 0 Å². The molecule has 0 radical (unpaired) electrons. The van der Waals surface area contributed by atoms with Crippen LogP contribution in [0.1, 0.15) is 6.42 Å². The molecule has 1 saturated heterocycles. The molecule has 0 spiro atoms. The minimum atomic E-state index is 0.296. The van der Waals surface area contributed by atoms with Crippen LogP contribution < -0.4 is 5.73 Å². The molecule has 5 heteroatoms. The fourth-order valence-corrected chi connectivity index (χ4v) is 3.60. The third-order valence-electron chi connectivity index (χ3n) is 2.85. The zero-order chi connectivity index (χ0) is 11.9. The van der Waals surface area contributed by atoms with Crippen LogP contribution in [0.15, 0.2) is 21.7 Å². The van der Waals surface area contributed by atoms with Crippen LogP contribution in [-0.4, -0.2) is 49.5 Å². The highest BCUT2D eigenvalue weighted by Gasteiger charge is 2.12. The Bertz CT molecular complexity index is 299. The van der Waals surface area contributed by atoms with Gasteiger partial charge in [-0.3, -0.25) is 4.90 Å². The predicted octanol–water partition coefficient (Wildman–Crippen LogP) is 1.89. The van der Waals surface area contributed by atoms with Crippen molar-refractivity contribution in [1.82, 2.24) is 4.90 Å². The molecular weight excluding hydrogens is 252 g/mol. The number of nitrogens with two attached hydrogens (primary N) is 1. The molecule has 96 valence electrons. The lowest BCUT2D eigenvalue weighted by Gasteiger charge is -2.27. The highest BCUT2D eigenvalue weighted by Crippen LogP contribution is 2.24. The summed E-state index contributed by atoms with van der Waals surface area (Å²) in [6.07, 6.45) is 1.08. The number of hydrogen-bond acceptors (Lipinski definition) is 5. The van der Waals surface area contributed by atoms with Gasteiger partial charge in [0.15, 0.2) is 0 Å². The molecule has 2 heterocycles. The minimum absolute atomic E-state index is 0.296. The molecule has 17 heavy (non-hydrogen) atoms. The van der Waals surface area contributed by atoms with E-state index in [0.29, 0.717) is 6.04 Å². The Hall–Kier alpha value is -0.0700. The number of rotatable bonds is 6. The highest BCUT2D eigenvalue weighted by atomic mass is 32.2. The smallest absolute Gasteiger partial charge is 0.0599 e. The first kappa shape index (κ1) is 13.4. The Morgan fingerprint density at radius 2 is 2.29 bits per heavy atom. The van der Waals surface area contributed by atoms with Gasteiger partial charge in [-0.15, -0.1) is 23.1 Å². The van der Waals surface area contributed by atoms with Gasteiger partial charge in [0.25, 0.3) is 0 Å². The summed E-state index contributed by atoms with van der Waals surface area (Å²) in [5.74, 6) is 1.02. The van der Waals surface area contributed by atoms with E-state index in [0.717, 1.165) is 45.0 Å². The number of morpholine rings is 1. The maximum atomic E-state index is 6.13. The van der Waals surface area contributed by atoms with Crippen molar-refractivity contribution >= 4 is 23.1 Å². The number of hydrogen-bond donors (Lipinski definition) is 1. The topological polar surface area (TPSA) is 38.5 Å². The summed E-state index contributed by atoms with van der Waals surface area (Å²) in [6.45, 7) is 4.98. The van der Waals surface area contributed by atoms with Gasteiger partial charge in [0.2, 0.25) is 0 Å². The van der Waals surface area contributed by atoms with Gasteiger partial charge in [0.05, 0.1) is 17.4 Å². The molecule has 0 unspecified atom stereocenters. The lowest BCUT2D eigenvalue weighted by Crippen LogP contribution is -2.39. The highest BCUT2D eigenvalue weighted by molar-refractivity contribution is 8.01. The fraction of sp³-hybridized carbons (Fsp3) is 0.667. The second-order valence-corrected chi connectivity index (χ2v) is 6.51. The van der Waals surface area contributed by atoms with Crippen LogP contribution in [0.3, 0.4) is 0 Å². The molecule has 1 aromatic heterocycles. The SMILES string of the molecule is N[C@H](CCN1CCOCC1)CSc1cccs1. The molecule has 0 amide bonds. The van der Waals surface area contributed by atoms with Gasteiger partial charge in [0, 0.05) is 24.9 Å². The van der Waals surface area contributed by atoms with Gasteiger partial charge in [-0.1, -0.05) is 6.07 Å². The Morgan fingerprint density at radius 1 is 1.47 bits per heavy atom. The van der Waals surface area contributed by atoms with Crippen LogP contribution in [0.5, 0.6) is 0 Å². The van der Waals surface area contributed by atoms with Crippen LogP contribution >= 0.6 is 23.1 Å². The van der Waals surface area contributed by atoms with Crippen molar-refractivity contribution in [2.24, 2.45) is 5.73 Å². The van der Waals surface area contributed by atoms with Crippen LogP contribution in [0.2, 0.25) is 0 Å². The first-order chi connectivity index (χ1) is 8.34. The summed E-state index contributed by atoms with van der Waals surface area (Å²) in [7, 11) is 0. The van der Waals surface area contributed by atoms with Crippen molar-refractivity contribution in [3.05, 3.63) is 17.5 Å². The van der Waals surface area contributed by atoms with Gasteiger partial charge in [0.1, 0.15) is 0 Å². The lowest BCUT2D eigenvalue weighted by molar-refractivity contribution is 0.0369. The minimum Gasteiger partial charge on any atom is -0.379 e. The second kappa shape index (κ2) is 7.38. The lowest BCUT2D eigenvalue weighted by atomic mass is 10.2. The molecule has 1 aromatic rings. The number of nitrogens with zero attached hydrogens (tertiary/aromatic N) is 1. The summed E-state index contributed by atoms with van der Waals surface area (Å²) < 4.78 is 6.69. The van der Waals surface area contributed by atoms with Crippen molar-refractivity contribution in [3.63, 3.8) is 0 Å². The Kier molecular flexibility index (Phi) is 5.80. The molecule has 1 aliphatic heterocycles. The van der Waals surface area contributed by atoms with Crippen LogP contribution in [0, 0.1) is 0 Å². The van der Waals surface area contributed by atoms with Crippen LogP contribution in [-0.2, 0) is 4.74 Å². The summed E-state index contributed by atoms with van der Waals surface area (Å²) in [5, 5.41) is 2.11. The average molecular weight is 272 g/mol. The van der Waals surface area contributed by atoms with Crippen molar-refractivity contribution in [1.29, 1.82) is 0 Å². The third kappa shape index (κ3) is 4.97. The standard InChI is InChI=1S/C12H20N2OS2/c13-11(10-17-12-2-1-9-16-12)3-4-14-5-7-15-8-6-14/h1-2,9,11H,3-8,10,13H2/t11-/m1/s1. The van der Waals surface area contributed by atoms with Gasteiger partial charge in [-0.25, -0.2) is 0 Å². The van der Waals surface area contributed by atoms with Gasteiger partial charge in [-0.2, -0.15) is 0 Å². The van der Waals surface area contributed by atoms with E-state index in [2.05, 4.69) is 22.4 Å². The molecule has 0 aromatic carbocycles. The fourth-order valence-electron chi connectivity index (χ4n) is 1.79. The predicted molar refractivity (Wildman–Crippen MR) is 74.9 cm³/mol. The van der Waals surface area contributed by atoms with Crippen molar-refractivity contribution in [2.75, 3.05) is 38.6 Å². The van der Waals surface area contributed by atoms with E-state index in [1.165, 1.54) is 4.21 Å². The molecule has 2 rings (SSSR count). The first-order valence-corrected chi connectivity index (χ1v) is 7.93. The molecule has 1 aliphatic rings. The van der Waals surface area contributed by atoms with E-state index in [1.807, 2.05) is 11.8 Å². The number of thioether (sulfide) groups is 1. The molecule has 0 saturated carbocycles.